The van der Waals surface area contributed by atoms with Crippen LogP contribution in [0, 0.1) is 0 Å². The van der Waals surface area contributed by atoms with Crippen LogP contribution in [0.2, 0.25) is 0 Å². The van der Waals surface area contributed by atoms with Gasteiger partial charge in [0.1, 0.15) is 0 Å². The molecule has 1 aliphatic heterocycles. The van der Waals surface area contributed by atoms with Gasteiger partial charge in [0, 0.05) is 19.3 Å². The third-order valence-corrected chi connectivity index (χ3v) is 3.35. The number of para-hydroxylation sites is 1. The van der Waals surface area contributed by atoms with Crippen LogP contribution in [0.3, 0.4) is 0 Å². The van der Waals surface area contributed by atoms with E-state index in [-0.39, 0.29) is 0 Å². The zero-order chi connectivity index (χ0) is 11.0. The molecule has 1 aliphatic rings. The van der Waals surface area contributed by atoms with E-state index in [9.17, 15) is 5.11 Å². The fourth-order valence-electron chi connectivity index (χ4n) is 2.45. The van der Waals surface area contributed by atoms with Crippen LogP contribution in [0.5, 0.6) is 0 Å². The summed E-state index contributed by atoms with van der Waals surface area (Å²) in [4.78, 5) is 2.12. The number of likely N-dealkylation sites (tertiary alicyclic amines) is 1. The molecule has 16 heavy (non-hydrogen) atoms. The van der Waals surface area contributed by atoms with Gasteiger partial charge >= 0.3 is 0 Å². The first kappa shape index (κ1) is 9.87. The molecule has 2 aromatic rings. The normalized spacial score (nSPS) is 19.3. The minimum Gasteiger partial charge on any atom is -0.360 e. The molecule has 1 fully saturated rings. The van der Waals surface area contributed by atoms with Gasteiger partial charge in [0.15, 0.2) is 6.35 Å². The van der Waals surface area contributed by atoms with Crippen LogP contribution in [-0.4, -0.2) is 27.7 Å². The number of rotatable bonds is 2. The van der Waals surface area contributed by atoms with E-state index in [0.29, 0.717) is 0 Å². The smallest absolute Gasteiger partial charge is 0.190 e. The summed E-state index contributed by atoms with van der Waals surface area (Å²) in [5.41, 5.74) is 1.10. The predicted octanol–water partition coefficient (Wildman–Crippen LogP) is 2.19. The minimum absolute atomic E-state index is 0.512. The van der Waals surface area contributed by atoms with E-state index < -0.39 is 6.35 Å². The van der Waals surface area contributed by atoms with E-state index in [1.807, 2.05) is 22.9 Å². The lowest BCUT2D eigenvalue weighted by molar-refractivity contribution is -0.0374. The van der Waals surface area contributed by atoms with Gasteiger partial charge in [-0.1, -0.05) is 18.2 Å². The quantitative estimate of drug-likeness (QED) is 0.833. The Labute approximate surface area is 94.9 Å². The average Bonchev–Trinajstić information content (AvgIpc) is 2.98. The summed E-state index contributed by atoms with van der Waals surface area (Å²) >= 11 is 0. The number of aliphatic hydroxyl groups is 1. The summed E-state index contributed by atoms with van der Waals surface area (Å²) in [6.07, 6.45) is 3.84. The summed E-state index contributed by atoms with van der Waals surface area (Å²) < 4.78 is 1.95. The zero-order valence-corrected chi connectivity index (χ0v) is 9.21. The Morgan fingerprint density at radius 2 is 1.81 bits per heavy atom. The average molecular weight is 216 g/mol. The Hall–Kier alpha value is -1.32. The number of nitrogens with zero attached hydrogens (tertiary/aromatic N) is 2. The van der Waals surface area contributed by atoms with Crippen molar-refractivity contribution in [2.24, 2.45) is 0 Å². The van der Waals surface area contributed by atoms with Crippen molar-refractivity contribution >= 4 is 10.9 Å². The second-order valence-corrected chi connectivity index (χ2v) is 4.37. The topological polar surface area (TPSA) is 28.4 Å². The molecule has 3 heteroatoms. The molecular weight excluding hydrogens is 200 g/mol. The van der Waals surface area contributed by atoms with Crippen LogP contribution >= 0.6 is 0 Å². The van der Waals surface area contributed by atoms with Gasteiger partial charge in [0.05, 0.1) is 5.52 Å². The molecule has 84 valence electrons. The van der Waals surface area contributed by atoms with Crippen LogP contribution in [0.25, 0.3) is 10.9 Å². The molecule has 3 nitrogen and oxygen atoms in total. The summed E-state index contributed by atoms with van der Waals surface area (Å²) in [7, 11) is 0. The SMILES string of the molecule is OC(N1CCCC1)n1ccc2ccccc21. The summed E-state index contributed by atoms with van der Waals surface area (Å²) in [5, 5.41) is 11.5. The molecular formula is C13H16N2O. The van der Waals surface area contributed by atoms with E-state index in [2.05, 4.69) is 23.1 Å². The van der Waals surface area contributed by atoms with Crippen molar-refractivity contribution in [1.82, 2.24) is 9.47 Å². The lowest BCUT2D eigenvalue weighted by atomic mass is 10.2. The van der Waals surface area contributed by atoms with Gasteiger partial charge in [-0.25, -0.2) is 0 Å². The maximum absolute atomic E-state index is 10.3. The van der Waals surface area contributed by atoms with Gasteiger partial charge in [-0.2, -0.15) is 0 Å². The molecule has 0 saturated carbocycles. The van der Waals surface area contributed by atoms with Gasteiger partial charge < -0.3 is 9.67 Å². The Bertz CT molecular complexity index is 485. The first-order valence-corrected chi connectivity index (χ1v) is 5.84. The second kappa shape index (κ2) is 3.92. The summed E-state index contributed by atoms with van der Waals surface area (Å²) in [6.45, 7) is 1.99. The summed E-state index contributed by atoms with van der Waals surface area (Å²) in [6, 6.07) is 10.2. The van der Waals surface area contributed by atoms with E-state index in [4.69, 9.17) is 0 Å². The van der Waals surface area contributed by atoms with Crippen molar-refractivity contribution in [3.05, 3.63) is 36.5 Å². The number of benzene rings is 1. The first-order valence-electron chi connectivity index (χ1n) is 5.84. The van der Waals surface area contributed by atoms with Crippen LogP contribution in [0.4, 0.5) is 0 Å². The van der Waals surface area contributed by atoms with Gasteiger partial charge in [-0.3, -0.25) is 4.90 Å². The fraction of sp³-hybridized carbons (Fsp3) is 0.385. The van der Waals surface area contributed by atoms with Crippen LogP contribution < -0.4 is 0 Å². The molecule has 1 unspecified atom stereocenters. The van der Waals surface area contributed by atoms with Crippen molar-refractivity contribution in [3.8, 4) is 0 Å². The van der Waals surface area contributed by atoms with E-state index >= 15 is 0 Å². The van der Waals surface area contributed by atoms with Crippen molar-refractivity contribution in [2.45, 2.75) is 19.2 Å². The molecule has 2 heterocycles. The summed E-state index contributed by atoms with van der Waals surface area (Å²) in [5.74, 6) is 0. The molecule has 1 aromatic heterocycles. The largest absolute Gasteiger partial charge is 0.360 e. The second-order valence-electron chi connectivity index (χ2n) is 4.37. The highest BCUT2D eigenvalue weighted by Crippen LogP contribution is 2.23. The van der Waals surface area contributed by atoms with E-state index in [0.717, 1.165) is 18.6 Å². The maximum Gasteiger partial charge on any atom is 0.190 e. The lowest BCUT2D eigenvalue weighted by Gasteiger charge is -2.24. The Kier molecular flexibility index (Phi) is 2.42. The molecule has 1 atom stereocenters. The molecule has 0 aliphatic carbocycles. The van der Waals surface area contributed by atoms with Gasteiger partial charge in [-0.05, 0) is 30.4 Å². The molecule has 1 saturated heterocycles. The van der Waals surface area contributed by atoms with Crippen LogP contribution in [0.1, 0.15) is 19.2 Å². The minimum atomic E-state index is -0.512. The molecule has 0 amide bonds. The lowest BCUT2D eigenvalue weighted by Crippen LogP contribution is -2.29. The number of aliphatic hydroxyl groups excluding tert-OH is 1. The van der Waals surface area contributed by atoms with Crippen LogP contribution in [-0.2, 0) is 0 Å². The number of fused-ring (bicyclic) bond motifs is 1. The van der Waals surface area contributed by atoms with Crippen molar-refractivity contribution < 1.29 is 5.11 Å². The number of aromatic nitrogens is 1. The zero-order valence-electron chi connectivity index (χ0n) is 9.21. The Morgan fingerprint density at radius 3 is 2.62 bits per heavy atom. The van der Waals surface area contributed by atoms with Crippen molar-refractivity contribution in [1.29, 1.82) is 0 Å². The van der Waals surface area contributed by atoms with E-state index in [1.54, 1.807) is 0 Å². The van der Waals surface area contributed by atoms with Crippen molar-refractivity contribution in [3.63, 3.8) is 0 Å². The molecule has 0 bridgehead atoms. The van der Waals surface area contributed by atoms with Gasteiger partial charge in [0.2, 0.25) is 0 Å². The fourth-order valence-corrected chi connectivity index (χ4v) is 2.45. The number of hydrogen-bond donors (Lipinski definition) is 1. The molecule has 0 spiro atoms. The first-order chi connectivity index (χ1) is 7.86. The third-order valence-electron chi connectivity index (χ3n) is 3.35. The maximum atomic E-state index is 10.3. The Morgan fingerprint density at radius 1 is 1.06 bits per heavy atom. The predicted molar refractivity (Wildman–Crippen MR) is 64.0 cm³/mol. The molecule has 0 radical (unpaired) electrons. The monoisotopic (exact) mass is 216 g/mol. The van der Waals surface area contributed by atoms with E-state index in [1.165, 1.54) is 18.2 Å². The van der Waals surface area contributed by atoms with Gasteiger partial charge in [0.25, 0.3) is 0 Å². The highest BCUT2D eigenvalue weighted by Gasteiger charge is 2.21. The molecule has 1 aromatic carbocycles. The molecule has 3 rings (SSSR count). The highest BCUT2D eigenvalue weighted by molar-refractivity contribution is 5.79. The standard InChI is InChI=1S/C13H16N2O/c16-13(14-8-3-4-9-14)15-10-7-11-5-1-2-6-12(11)15/h1-2,5-7,10,13,16H,3-4,8-9H2. The highest BCUT2D eigenvalue weighted by atomic mass is 16.3. The Balaban J connectivity index is 1.98. The third kappa shape index (κ3) is 1.52. The van der Waals surface area contributed by atoms with Gasteiger partial charge in [-0.15, -0.1) is 0 Å². The van der Waals surface area contributed by atoms with Crippen LogP contribution in [0.15, 0.2) is 36.5 Å². The molecule has 1 N–H and O–H groups in total. The van der Waals surface area contributed by atoms with Crippen molar-refractivity contribution in [2.75, 3.05) is 13.1 Å². The number of hydrogen-bond acceptors (Lipinski definition) is 2.